The van der Waals surface area contributed by atoms with Crippen molar-refractivity contribution < 1.29 is 19.4 Å². The molecule has 5 nitrogen and oxygen atoms in total. The number of hydrogen-bond acceptors (Lipinski definition) is 3. The number of carbonyl (C=O) groups excluding carboxylic acids is 1. The molecule has 0 bridgehead atoms. The number of hydrogen-bond donors (Lipinski definition) is 1. The Morgan fingerprint density at radius 3 is 2.44 bits per heavy atom. The Kier molecular flexibility index (Phi) is 4.76. The van der Waals surface area contributed by atoms with Gasteiger partial charge in [-0.15, -0.1) is 6.42 Å². The van der Waals surface area contributed by atoms with Crippen molar-refractivity contribution in [3.05, 3.63) is 29.8 Å². The van der Waals surface area contributed by atoms with Crippen LogP contribution in [0, 0.1) is 12.3 Å². The maximum atomic E-state index is 12.0. The van der Waals surface area contributed by atoms with Crippen molar-refractivity contribution in [3.8, 4) is 18.1 Å². The van der Waals surface area contributed by atoms with E-state index in [1.54, 1.807) is 24.3 Å². The Labute approximate surface area is 105 Å². The van der Waals surface area contributed by atoms with Crippen LogP contribution in [0.15, 0.2) is 24.3 Å². The molecule has 1 aromatic carbocycles. The highest BCUT2D eigenvalue weighted by Gasteiger charge is 2.17. The van der Waals surface area contributed by atoms with Crippen molar-refractivity contribution in [3.63, 3.8) is 0 Å². The zero-order valence-corrected chi connectivity index (χ0v) is 9.92. The van der Waals surface area contributed by atoms with E-state index in [0.29, 0.717) is 11.3 Å². The number of carboxylic acids is 1. The fourth-order valence-corrected chi connectivity index (χ4v) is 1.39. The fraction of sp³-hybridized carbons (Fsp3) is 0.231. The second-order valence-corrected chi connectivity index (χ2v) is 3.49. The van der Waals surface area contributed by atoms with E-state index in [1.807, 2.05) is 0 Å². The van der Waals surface area contributed by atoms with Crippen LogP contribution in [0.3, 0.4) is 0 Å². The molecule has 0 aliphatic rings. The van der Waals surface area contributed by atoms with Crippen molar-refractivity contribution in [2.24, 2.45) is 0 Å². The SMILES string of the molecule is C#CCN(CC(=O)O)C(=O)c1ccc(OC)cc1. The Morgan fingerprint density at radius 2 is 2.00 bits per heavy atom. The van der Waals surface area contributed by atoms with E-state index < -0.39 is 18.4 Å². The summed E-state index contributed by atoms with van der Waals surface area (Å²) in [4.78, 5) is 23.7. The predicted octanol–water partition coefficient (Wildman–Crippen LogP) is 0.855. The number of carbonyl (C=O) groups is 2. The molecule has 0 spiro atoms. The van der Waals surface area contributed by atoms with E-state index in [0.717, 1.165) is 4.90 Å². The van der Waals surface area contributed by atoms with Gasteiger partial charge in [-0.25, -0.2) is 0 Å². The number of ether oxygens (including phenoxy) is 1. The van der Waals surface area contributed by atoms with Crippen LogP contribution in [-0.4, -0.2) is 42.1 Å². The summed E-state index contributed by atoms with van der Waals surface area (Å²) in [7, 11) is 1.52. The van der Waals surface area contributed by atoms with Gasteiger partial charge in [-0.1, -0.05) is 5.92 Å². The minimum atomic E-state index is -1.10. The summed E-state index contributed by atoms with van der Waals surface area (Å²) < 4.78 is 4.97. The van der Waals surface area contributed by atoms with E-state index in [2.05, 4.69) is 5.92 Å². The summed E-state index contributed by atoms with van der Waals surface area (Å²) in [5.41, 5.74) is 0.368. The minimum absolute atomic E-state index is 0.0445. The number of aliphatic carboxylic acids is 1. The summed E-state index contributed by atoms with van der Waals surface area (Å²) in [5, 5.41) is 8.71. The summed E-state index contributed by atoms with van der Waals surface area (Å²) in [6, 6.07) is 6.38. The lowest BCUT2D eigenvalue weighted by Gasteiger charge is -2.17. The van der Waals surface area contributed by atoms with Crippen LogP contribution in [-0.2, 0) is 4.79 Å². The largest absolute Gasteiger partial charge is 0.497 e. The monoisotopic (exact) mass is 247 g/mol. The van der Waals surface area contributed by atoms with E-state index in [-0.39, 0.29) is 6.54 Å². The van der Waals surface area contributed by atoms with Crippen LogP contribution < -0.4 is 4.74 Å². The molecule has 0 atom stereocenters. The van der Waals surface area contributed by atoms with E-state index in [9.17, 15) is 9.59 Å². The van der Waals surface area contributed by atoms with Gasteiger partial charge in [-0.3, -0.25) is 9.59 Å². The molecule has 1 N–H and O–H groups in total. The molecule has 1 aromatic rings. The molecule has 5 heteroatoms. The third-order valence-corrected chi connectivity index (χ3v) is 2.23. The highest BCUT2D eigenvalue weighted by atomic mass is 16.5. The maximum absolute atomic E-state index is 12.0. The van der Waals surface area contributed by atoms with E-state index in [1.165, 1.54) is 7.11 Å². The predicted molar refractivity (Wildman–Crippen MR) is 65.4 cm³/mol. The summed E-state index contributed by atoms with van der Waals surface area (Å²) in [5.74, 6) is 1.36. The Balaban J connectivity index is 2.87. The van der Waals surface area contributed by atoms with Gasteiger partial charge in [0, 0.05) is 5.56 Å². The normalized spacial score (nSPS) is 9.33. The van der Waals surface area contributed by atoms with E-state index >= 15 is 0 Å². The smallest absolute Gasteiger partial charge is 0.323 e. The van der Waals surface area contributed by atoms with Crippen molar-refractivity contribution in [2.75, 3.05) is 20.2 Å². The van der Waals surface area contributed by atoms with Crippen LogP contribution in [0.2, 0.25) is 0 Å². The second kappa shape index (κ2) is 6.30. The van der Waals surface area contributed by atoms with Crippen LogP contribution >= 0.6 is 0 Å². The van der Waals surface area contributed by atoms with Gasteiger partial charge in [0.25, 0.3) is 5.91 Å². The first kappa shape index (κ1) is 13.6. The summed E-state index contributed by atoms with van der Waals surface area (Å²) in [6.45, 7) is -0.466. The Bertz CT molecular complexity index is 473. The van der Waals surface area contributed by atoms with Gasteiger partial charge < -0.3 is 14.7 Å². The molecule has 0 unspecified atom stereocenters. The van der Waals surface area contributed by atoms with Gasteiger partial charge in [0.05, 0.1) is 13.7 Å². The van der Waals surface area contributed by atoms with Crippen molar-refractivity contribution in [1.29, 1.82) is 0 Å². The average Bonchev–Trinajstić information content (AvgIpc) is 2.37. The molecule has 94 valence electrons. The molecule has 0 radical (unpaired) electrons. The molecule has 0 aliphatic carbocycles. The number of nitrogens with zero attached hydrogens (tertiary/aromatic N) is 1. The van der Waals surface area contributed by atoms with Crippen LogP contribution in [0.4, 0.5) is 0 Å². The number of carboxylic acid groups (broad SMARTS) is 1. The van der Waals surface area contributed by atoms with Gasteiger partial charge in [0.2, 0.25) is 0 Å². The fourth-order valence-electron chi connectivity index (χ4n) is 1.39. The number of terminal acetylenes is 1. The van der Waals surface area contributed by atoms with E-state index in [4.69, 9.17) is 16.3 Å². The van der Waals surface area contributed by atoms with Gasteiger partial charge in [-0.05, 0) is 24.3 Å². The zero-order valence-electron chi connectivity index (χ0n) is 9.92. The first-order valence-corrected chi connectivity index (χ1v) is 5.17. The molecular formula is C13H13NO4. The lowest BCUT2D eigenvalue weighted by Crippen LogP contribution is -2.35. The number of rotatable bonds is 5. The molecule has 0 fully saturated rings. The highest BCUT2D eigenvalue weighted by molar-refractivity contribution is 5.96. The van der Waals surface area contributed by atoms with Gasteiger partial charge in [0.1, 0.15) is 12.3 Å². The first-order valence-electron chi connectivity index (χ1n) is 5.17. The molecule has 1 amide bonds. The van der Waals surface area contributed by atoms with Crippen molar-refractivity contribution >= 4 is 11.9 Å². The Hall–Kier alpha value is -2.48. The first-order chi connectivity index (χ1) is 8.58. The van der Waals surface area contributed by atoms with Gasteiger partial charge in [-0.2, -0.15) is 0 Å². The van der Waals surface area contributed by atoms with Crippen molar-refractivity contribution in [2.45, 2.75) is 0 Å². The lowest BCUT2D eigenvalue weighted by molar-refractivity contribution is -0.137. The average molecular weight is 247 g/mol. The third-order valence-electron chi connectivity index (χ3n) is 2.23. The molecule has 0 saturated carbocycles. The molecule has 18 heavy (non-hydrogen) atoms. The van der Waals surface area contributed by atoms with Crippen LogP contribution in [0.25, 0.3) is 0 Å². The molecule has 0 saturated heterocycles. The molecule has 1 rings (SSSR count). The van der Waals surface area contributed by atoms with Crippen LogP contribution in [0.1, 0.15) is 10.4 Å². The standard InChI is InChI=1S/C13H13NO4/c1-3-8-14(9-12(15)16)13(17)10-4-6-11(18-2)7-5-10/h1,4-7H,8-9H2,2H3,(H,15,16). The quantitative estimate of drug-likeness (QED) is 0.783. The molecule has 0 heterocycles. The van der Waals surface area contributed by atoms with Gasteiger partial charge in [0.15, 0.2) is 0 Å². The highest BCUT2D eigenvalue weighted by Crippen LogP contribution is 2.13. The molecule has 0 aromatic heterocycles. The third kappa shape index (κ3) is 3.52. The topological polar surface area (TPSA) is 66.8 Å². The number of methoxy groups -OCH3 is 1. The number of benzene rings is 1. The summed E-state index contributed by atoms with van der Waals surface area (Å²) in [6.07, 6.45) is 5.11. The van der Waals surface area contributed by atoms with Crippen molar-refractivity contribution in [1.82, 2.24) is 4.90 Å². The minimum Gasteiger partial charge on any atom is -0.497 e. The van der Waals surface area contributed by atoms with Gasteiger partial charge >= 0.3 is 5.97 Å². The lowest BCUT2D eigenvalue weighted by atomic mass is 10.2. The number of amides is 1. The maximum Gasteiger partial charge on any atom is 0.323 e. The van der Waals surface area contributed by atoms with Crippen LogP contribution in [0.5, 0.6) is 5.75 Å². The second-order valence-electron chi connectivity index (χ2n) is 3.49. The summed E-state index contributed by atoms with van der Waals surface area (Å²) >= 11 is 0. The Morgan fingerprint density at radius 1 is 1.39 bits per heavy atom. The molecule has 0 aliphatic heterocycles. The zero-order chi connectivity index (χ0) is 13.5. The molecular weight excluding hydrogens is 234 g/mol.